The van der Waals surface area contributed by atoms with E-state index in [4.69, 9.17) is 0 Å². The van der Waals surface area contributed by atoms with Gasteiger partial charge in [0, 0.05) is 23.9 Å². The van der Waals surface area contributed by atoms with Crippen LogP contribution in [0, 0.1) is 6.92 Å². The fraction of sp³-hybridized carbons (Fsp3) is 0.222. The molecule has 0 aliphatic heterocycles. The minimum atomic E-state index is 0.777. The van der Waals surface area contributed by atoms with Crippen LogP contribution >= 0.6 is 0 Å². The van der Waals surface area contributed by atoms with E-state index < -0.39 is 0 Å². The summed E-state index contributed by atoms with van der Waals surface area (Å²) in [6, 6.07) is 16.7. The normalized spacial score (nSPS) is 10.8. The summed E-state index contributed by atoms with van der Waals surface area (Å²) in [6.45, 7) is 5.07. The number of hydrogen-bond acceptors (Lipinski definition) is 3. The number of benzene rings is 2. The second kappa shape index (κ2) is 5.92. The summed E-state index contributed by atoms with van der Waals surface area (Å²) in [6.07, 6.45) is 1.08. The lowest BCUT2D eigenvalue weighted by Crippen LogP contribution is -2.04. The Labute approximate surface area is 125 Å². The standard InChI is InChI=1S/C18H19N3/c1-3-10-19-17-11-13(2)20-18(21-17)16-9-8-14-6-4-5-7-15(14)12-16/h4-9,11-12H,3,10H2,1-2H3,(H,19,20,21). The van der Waals surface area contributed by atoms with E-state index in [0.29, 0.717) is 0 Å². The molecule has 1 aromatic heterocycles. The molecule has 3 heteroatoms. The van der Waals surface area contributed by atoms with Crippen LogP contribution in [0.4, 0.5) is 5.82 Å². The third-order valence-electron chi connectivity index (χ3n) is 3.42. The summed E-state index contributed by atoms with van der Waals surface area (Å²) < 4.78 is 0. The monoisotopic (exact) mass is 277 g/mol. The van der Waals surface area contributed by atoms with Crippen molar-refractivity contribution in [3.8, 4) is 11.4 Å². The maximum atomic E-state index is 4.63. The van der Waals surface area contributed by atoms with E-state index >= 15 is 0 Å². The van der Waals surface area contributed by atoms with Crippen LogP contribution in [0.25, 0.3) is 22.2 Å². The summed E-state index contributed by atoms with van der Waals surface area (Å²) in [7, 11) is 0. The van der Waals surface area contributed by atoms with Gasteiger partial charge in [0.05, 0.1) is 0 Å². The van der Waals surface area contributed by atoms with Crippen LogP contribution in [0.3, 0.4) is 0 Å². The van der Waals surface area contributed by atoms with Crippen LogP contribution in [-0.2, 0) is 0 Å². The molecule has 0 radical (unpaired) electrons. The van der Waals surface area contributed by atoms with Crippen LogP contribution < -0.4 is 5.32 Å². The van der Waals surface area contributed by atoms with Gasteiger partial charge in [-0.25, -0.2) is 9.97 Å². The number of anilines is 1. The Balaban J connectivity index is 2.02. The first-order valence-corrected chi connectivity index (χ1v) is 7.35. The number of nitrogens with one attached hydrogen (secondary N) is 1. The molecular formula is C18H19N3. The van der Waals surface area contributed by atoms with Gasteiger partial charge in [0.25, 0.3) is 0 Å². The van der Waals surface area contributed by atoms with E-state index in [9.17, 15) is 0 Å². The zero-order valence-electron chi connectivity index (χ0n) is 12.4. The second-order valence-electron chi connectivity index (χ2n) is 5.21. The molecule has 0 fully saturated rings. The van der Waals surface area contributed by atoms with Crippen LogP contribution in [0.2, 0.25) is 0 Å². The average Bonchev–Trinajstić information content (AvgIpc) is 2.52. The highest BCUT2D eigenvalue weighted by molar-refractivity contribution is 5.86. The second-order valence-corrected chi connectivity index (χ2v) is 5.21. The zero-order chi connectivity index (χ0) is 14.7. The lowest BCUT2D eigenvalue weighted by Gasteiger charge is -2.08. The molecule has 106 valence electrons. The van der Waals surface area contributed by atoms with Crippen molar-refractivity contribution in [2.75, 3.05) is 11.9 Å². The molecule has 21 heavy (non-hydrogen) atoms. The Hall–Kier alpha value is -2.42. The Morgan fingerprint density at radius 1 is 0.952 bits per heavy atom. The Morgan fingerprint density at radius 3 is 2.57 bits per heavy atom. The lowest BCUT2D eigenvalue weighted by atomic mass is 10.1. The Kier molecular flexibility index (Phi) is 3.82. The van der Waals surface area contributed by atoms with E-state index in [1.807, 2.05) is 13.0 Å². The summed E-state index contributed by atoms with van der Waals surface area (Å²) >= 11 is 0. The smallest absolute Gasteiger partial charge is 0.161 e. The number of aryl methyl sites for hydroxylation is 1. The van der Waals surface area contributed by atoms with E-state index in [1.54, 1.807) is 0 Å². The molecular weight excluding hydrogens is 258 g/mol. The Morgan fingerprint density at radius 2 is 1.76 bits per heavy atom. The van der Waals surface area contributed by atoms with Crippen molar-refractivity contribution in [1.29, 1.82) is 0 Å². The quantitative estimate of drug-likeness (QED) is 0.766. The third-order valence-corrected chi connectivity index (χ3v) is 3.42. The Bertz CT molecular complexity index is 765. The first-order valence-electron chi connectivity index (χ1n) is 7.35. The van der Waals surface area contributed by atoms with Gasteiger partial charge >= 0.3 is 0 Å². The molecule has 3 aromatic rings. The zero-order valence-corrected chi connectivity index (χ0v) is 12.4. The molecule has 1 heterocycles. The van der Waals surface area contributed by atoms with Crippen molar-refractivity contribution in [1.82, 2.24) is 9.97 Å². The van der Waals surface area contributed by atoms with Crippen LogP contribution in [0.5, 0.6) is 0 Å². The predicted molar refractivity (Wildman–Crippen MR) is 88.5 cm³/mol. The van der Waals surface area contributed by atoms with Crippen molar-refractivity contribution in [3.63, 3.8) is 0 Å². The van der Waals surface area contributed by atoms with Gasteiger partial charge < -0.3 is 5.32 Å². The number of rotatable bonds is 4. The molecule has 0 saturated heterocycles. The van der Waals surface area contributed by atoms with Gasteiger partial charge in [0.2, 0.25) is 0 Å². The number of nitrogens with zero attached hydrogens (tertiary/aromatic N) is 2. The molecule has 0 aliphatic carbocycles. The van der Waals surface area contributed by atoms with Gasteiger partial charge in [-0.1, -0.05) is 43.3 Å². The highest BCUT2D eigenvalue weighted by Gasteiger charge is 2.05. The van der Waals surface area contributed by atoms with E-state index in [1.165, 1.54) is 10.8 Å². The molecule has 0 atom stereocenters. The van der Waals surface area contributed by atoms with Gasteiger partial charge in [-0.15, -0.1) is 0 Å². The first-order chi connectivity index (χ1) is 10.3. The van der Waals surface area contributed by atoms with Crippen LogP contribution in [-0.4, -0.2) is 16.5 Å². The molecule has 1 N–H and O–H groups in total. The average molecular weight is 277 g/mol. The number of aromatic nitrogens is 2. The molecule has 3 rings (SSSR count). The summed E-state index contributed by atoms with van der Waals surface area (Å²) in [5.41, 5.74) is 2.03. The number of fused-ring (bicyclic) bond motifs is 1. The minimum Gasteiger partial charge on any atom is -0.370 e. The van der Waals surface area contributed by atoms with Gasteiger partial charge in [0.1, 0.15) is 5.82 Å². The van der Waals surface area contributed by atoms with Crippen molar-refractivity contribution in [2.24, 2.45) is 0 Å². The van der Waals surface area contributed by atoms with Crippen molar-refractivity contribution in [3.05, 3.63) is 54.2 Å². The molecule has 0 amide bonds. The molecule has 0 unspecified atom stereocenters. The molecule has 0 spiro atoms. The largest absolute Gasteiger partial charge is 0.370 e. The van der Waals surface area contributed by atoms with Gasteiger partial charge in [-0.3, -0.25) is 0 Å². The fourth-order valence-corrected chi connectivity index (χ4v) is 2.37. The maximum Gasteiger partial charge on any atom is 0.161 e. The highest BCUT2D eigenvalue weighted by Crippen LogP contribution is 2.23. The molecule has 2 aromatic carbocycles. The topological polar surface area (TPSA) is 37.8 Å². The third kappa shape index (κ3) is 3.02. The van der Waals surface area contributed by atoms with Crippen LogP contribution in [0.1, 0.15) is 19.0 Å². The van der Waals surface area contributed by atoms with E-state index in [0.717, 1.165) is 35.9 Å². The first kappa shape index (κ1) is 13.6. The van der Waals surface area contributed by atoms with E-state index in [2.05, 4.69) is 64.7 Å². The van der Waals surface area contributed by atoms with Crippen LogP contribution in [0.15, 0.2) is 48.5 Å². The molecule has 3 nitrogen and oxygen atoms in total. The maximum absolute atomic E-state index is 4.63. The van der Waals surface area contributed by atoms with Crippen molar-refractivity contribution >= 4 is 16.6 Å². The highest BCUT2D eigenvalue weighted by atomic mass is 15.0. The molecule has 0 bridgehead atoms. The molecule has 0 saturated carbocycles. The van der Waals surface area contributed by atoms with Crippen molar-refractivity contribution < 1.29 is 0 Å². The fourth-order valence-electron chi connectivity index (χ4n) is 2.37. The summed E-state index contributed by atoms with van der Waals surface area (Å²) in [4.78, 5) is 9.19. The van der Waals surface area contributed by atoms with Gasteiger partial charge in [-0.2, -0.15) is 0 Å². The summed E-state index contributed by atoms with van der Waals surface area (Å²) in [5.74, 6) is 1.67. The number of hydrogen-bond donors (Lipinski definition) is 1. The molecule has 0 aliphatic rings. The van der Waals surface area contributed by atoms with Crippen molar-refractivity contribution in [2.45, 2.75) is 20.3 Å². The van der Waals surface area contributed by atoms with E-state index in [-0.39, 0.29) is 0 Å². The van der Waals surface area contributed by atoms with Gasteiger partial charge in [0.15, 0.2) is 5.82 Å². The lowest BCUT2D eigenvalue weighted by molar-refractivity contribution is 0.962. The predicted octanol–water partition coefficient (Wildman–Crippen LogP) is 4.43. The van der Waals surface area contributed by atoms with Gasteiger partial charge in [-0.05, 0) is 30.2 Å². The summed E-state index contributed by atoms with van der Waals surface area (Å²) in [5, 5.41) is 5.78. The SMILES string of the molecule is CCCNc1cc(C)nc(-c2ccc3ccccc3c2)n1. The minimum absolute atomic E-state index is 0.777.